The number of fused-ring (bicyclic) bond motifs is 1. The maximum atomic E-state index is 11.0. The summed E-state index contributed by atoms with van der Waals surface area (Å²) in [5, 5.41) is 2.37. The molecule has 86 valence electrons. The number of rotatable bonds is 2. The molecule has 0 radical (unpaired) electrons. The standard InChI is InChI=1S/C11H8N2O3S/c12-10(14)7-4-17-11(13-7)6-1-2-8-9(3-6)16-5-15-8/h1-4H,5H2,(H2,12,14). The summed E-state index contributed by atoms with van der Waals surface area (Å²) in [5.74, 6) is 0.895. The van der Waals surface area contributed by atoms with Crippen LogP contribution in [0.15, 0.2) is 23.6 Å². The molecule has 0 saturated carbocycles. The van der Waals surface area contributed by atoms with E-state index in [0.717, 1.165) is 16.3 Å². The average Bonchev–Trinajstić information content (AvgIpc) is 2.97. The lowest BCUT2D eigenvalue weighted by molar-refractivity contribution is 0.0996. The molecule has 3 rings (SSSR count). The highest BCUT2D eigenvalue weighted by molar-refractivity contribution is 7.13. The first kappa shape index (κ1) is 10.1. The lowest BCUT2D eigenvalue weighted by Gasteiger charge is -1.98. The minimum Gasteiger partial charge on any atom is -0.454 e. The van der Waals surface area contributed by atoms with Crippen LogP contribution in [0.2, 0.25) is 0 Å². The molecule has 1 aromatic carbocycles. The highest BCUT2D eigenvalue weighted by Crippen LogP contribution is 2.36. The fourth-order valence-electron chi connectivity index (χ4n) is 1.55. The molecule has 1 aliphatic heterocycles. The van der Waals surface area contributed by atoms with Crippen molar-refractivity contribution in [3.63, 3.8) is 0 Å². The van der Waals surface area contributed by atoms with Crippen LogP contribution in [0, 0.1) is 0 Å². The highest BCUT2D eigenvalue weighted by Gasteiger charge is 2.15. The van der Waals surface area contributed by atoms with Crippen molar-refractivity contribution in [2.75, 3.05) is 6.79 Å². The van der Waals surface area contributed by atoms with E-state index in [1.807, 2.05) is 18.2 Å². The summed E-state index contributed by atoms with van der Waals surface area (Å²) in [4.78, 5) is 15.1. The molecule has 0 fully saturated rings. The molecule has 0 atom stereocenters. The van der Waals surface area contributed by atoms with Gasteiger partial charge in [0.25, 0.3) is 5.91 Å². The number of ether oxygens (including phenoxy) is 2. The second kappa shape index (κ2) is 3.74. The van der Waals surface area contributed by atoms with Gasteiger partial charge < -0.3 is 15.2 Å². The lowest BCUT2D eigenvalue weighted by atomic mass is 10.2. The average molecular weight is 248 g/mol. The predicted octanol–water partition coefficient (Wildman–Crippen LogP) is 1.64. The molecule has 0 spiro atoms. The van der Waals surface area contributed by atoms with Gasteiger partial charge in [-0.1, -0.05) is 0 Å². The fraction of sp³-hybridized carbons (Fsp3) is 0.0909. The Morgan fingerprint density at radius 1 is 1.35 bits per heavy atom. The van der Waals surface area contributed by atoms with Crippen LogP contribution >= 0.6 is 11.3 Å². The Kier molecular flexibility index (Phi) is 2.22. The van der Waals surface area contributed by atoms with Gasteiger partial charge in [-0.3, -0.25) is 4.79 Å². The number of thiazole rings is 1. The molecule has 0 unspecified atom stereocenters. The summed E-state index contributed by atoms with van der Waals surface area (Å²) >= 11 is 1.37. The van der Waals surface area contributed by atoms with E-state index in [-0.39, 0.29) is 12.5 Å². The van der Waals surface area contributed by atoms with E-state index in [2.05, 4.69) is 4.98 Å². The van der Waals surface area contributed by atoms with Gasteiger partial charge in [-0.05, 0) is 18.2 Å². The molecule has 0 aliphatic carbocycles. The molecule has 0 bridgehead atoms. The quantitative estimate of drug-likeness (QED) is 0.876. The Morgan fingerprint density at radius 3 is 2.94 bits per heavy atom. The van der Waals surface area contributed by atoms with Crippen molar-refractivity contribution >= 4 is 17.2 Å². The smallest absolute Gasteiger partial charge is 0.268 e. The third-order valence-corrected chi connectivity index (χ3v) is 3.27. The van der Waals surface area contributed by atoms with Gasteiger partial charge in [0.15, 0.2) is 11.5 Å². The van der Waals surface area contributed by atoms with E-state index in [4.69, 9.17) is 15.2 Å². The Hall–Kier alpha value is -2.08. The Labute approximate surface area is 101 Å². The minimum absolute atomic E-state index is 0.239. The largest absolute Gasteiger partial charge is 0.454 e. The fourth-order valence-corrected chi connectivity index (χ4v) is 2.36. The van der Waals surface area contributed by atoms with Crippen molar-refractivity contribution in [3.05, 3.63) is 29.3 Å². The van der Waals surface area contributed by atoms with Crippen molar-refractivity contribution in [2.24, 2.45) is 5.73 Å². The molecule has 1 aliphatic rings. The van der Waals surface area contributed by atoms with Crippen molar-refractivity contribution in [2.45, 2.75) is 0 Å². The molecule has 2 N–H and O–H groups in total. The van der Waals surface area contributed by atoms with E-state index < -0.39 is 5.91 Å². The van der Waals surface area contributed by atoms with Crippen molar-refractivity contribution in [1.82, 2.24) is 4.98 Å². The molecule has 0 saturated heterocycles. The van der Waals surface area contributed by atoms with E-state index in [0.29, 0.717) is 5.75 Å². The predicted molar refractivity (Wildman–Crippen MR) is 62.2 cm³/mol. The molecule has 2 aromatic rings. The Morgan fingerprint density at radius 2 is 2.18 bits per heavy atom. The number of carbonyl (C=O) groups excluding carboxylic acids is 1. The summed E-state index contributed by atoms with van der Waals surface area (Å²) in [6.45, 7) is 0.239. The normalized spacial score (nSPS) is 12.7. The van der Waals surface area contributed by atoms with E-state index in [1.54, 1.807) is 5.38 Å². The zero-order valence-electron chi connectivity index (χ0n) is 8.67. The number of carbonyl (C=O) groups is 1. The van der Waals surface area contributed by atoms with Gasteiger partial charge in [0, 0.05) is 10.9 Å². The van der Waals surface area contributed by atoms with Gasteiger partial charge in [0.05, 0.1) is 0 Å². The SMILES string of the molecule is NC(=O)c1csc(-c2ccc3c(c2)OCO3)n1. The number of benzene rings is 1. The molecule has 5 nitrogen and oxygen atoms in total. The third kappa shape index (κ3) is 1.72. The van der Waals surface area contributed by atoms with Crippen LogP contribution in [0.25, 0.3) is 10.6 Å². The summed E-state index contributed by atoms with van der Waals surface area (Å²) in [6.07, 6.45) is 0. The zero-order chi connectivity index (χ0) is 11.8. The molecular weight excluding hydrogens is 240 g/mol. The lowest BCUT2D eigenvalue weighted by Crippen LogP contribution is -2.10. The topological polar surface area (TPSA) is 74.4 Å². The first-order valence-electron chi connectivity index (χ1n) is 4.89. The van der Waals surface area contributed by atoms with Gasteiger partial charge >= 0.3 is 0 Å². The van der Waals surface area contributed by atoms with Crippen LogP contribution < -0.4 is 15.2 Å². The number of nitrogens with two attached hydrogens (primary N) is 1. The molecular formula is C11H8N2O3S. The zero-order valence-corrected chi connectivity index (χ0v) is 9.49. The van der Waals surface area contributed by atoms with Crippen LogP contribution in [-0.4, -0.2) is 17.7 Å². The first-order chi connectivity index (χ1) is 8.24. The van der Waals surface area contributed by atoms with E-state index in [1.165, 1.54) is 11.3 Å². The first-order valence-corrected chi connectivity index (χ1v) is 5.77. The van der Waals surface area contributed by atoms with Crippen molar-refractivity contribution in [1.29, 1.82) is 0 Å². The molecule has 2 heterocycles. The summed E-state index contributed by atoms with van der Waals surface area (Å²) < 4.78 is 10.5. The molecule has 1 aromatic heterocycles. The van der Waals surface area contributed by atoms with Crippen molar-refractivity contribution < 1.29 is 14.3 Å². The maximum Gasteiger partial charge on any atom is 0.268 e. The van der Waals surface area contributed by atoms with E-state index >= 15 is 0 Å². The number of amides is 1. The second-order valence-corrected chi connectivity index (χ2v) is 4.33. The van der Waals surface area contributed by atoms with Crippen LogP contribution in [0.1, 0.15) is 10.5 Å². The van der Waals surface area contributed by atoms with E-state index in [9.17, 15) is 4.79 Å². The summed E-state index contributed by atoms with van der Waals surface area (Å²) in [5.41, 5.74) is 6.32. The monoisotopic (exact) mass is 248 g/mol. The number of hydrogen-bond acceptors (Lipinski definition) is 5. The third-order valence-electron chi connectivity index (χ3n) is 2.38. The van der Waals surface area contributed by atoms with Gasteiger partial charge in [-0.15, -0.1) is 11.3 Å². The van der Waals surface area contributed by atoms with Gasteiger partial charge in [0.2, 0.25) is 6.79 Å². The Bertz CT molecular complexity index is 594. The number of hydrogen-bond donors (Lipinski definition) is 1. The number of nitrogens with zero attached hydrogens (tertiary/aromatic N) is 1. The van der Waals surface area contributed by atoms with Crippen LogP contribution in [0.3, 0.4) is 0 Å². The van der Waals surface area contributed by atoms with Gasteiger partial charge in [0.1, 0.15) is 10.7 Å². The molecule has 6 heteroatoms. The highest BCUT2D eigenvalue weighted by atomic mass is 32.1. The van der Waals surface area contributed by atoms with Crippen LogP contribution in [0.4, 0.5) is 0 Å². The van der Waals surface area contributed by atoms with Crippen molar-refractivity contribution in [3.8, 4) is 22.1 Å². The number of primary amides is 1. The summed E-state index contributed by atoms with van der Waals surface area (Å²) in [7, 11) is 0. The van der Waals surface area contributed by atoms with Gasteiger partial charge in [-0.25, -0.2) is 4.98 Å². The maximum absolute atomic E-state index is 11.0. The number of aromatic nitrogens is 1. The van der Waals surface area contributed by atoms with Crippen LogP contribution in [-0.2, 0) is 0 Å². The minimum atomic E-state index is -0.520. The van der Waals surface area contributed by atoms with Gasteiger partial charge in [-0.2, -0.15) is 0 Å². The second-order valence-electron chi connectivity index (χ2n) is 3.47. The summed E-state index contributed by atoms with van der Waals surface area (Å²) in [6, 6.07) is 5.53. The van der Waals surface area contributed by atoms with Crippen LogP contribution in [0.5, 0.6) is 11.5 Å². The Balaban J connectivity index is 2.00. The molecule has 17 heavy (non-hydrogen) atoms. The molecule has 1 amide bonds.